The van der Waals surface area contributed by atoms with Crippen LogP contribution in [-0.4, -0.2) is 0 Å². The lowest BCUT2D eigenvalue weighted by molar-refractivity contribution is 0.660. The van der Waals surface area contributed by atoms with E-state index in [1.165, 1.54) is 55.6 Å². The van der Waals surface area contributed by atoms with Gasteiger partial charge < -0.3 is 4.90 Å². The summed E-state index contributed by atoms with van der Waals surface area (Å²) in [5.41, 5.74) is 16.0. The van der Waals surface area contributed by atoms with Crippen LogP contribution in [0.15, 0.2) is 176 Å². The maximum atomic E-state index is 2.44. The van der Waals surface area contributed by atoms with Gasteiger partial charge in [-0.2, -0.15) is 0 Å². The summed E-state index contributed by atoms with van der Waals surface area (Å²) in [5, 5.41) is 0. The Kier molecular flexibility index (Phi) is 6.88. The van der Waals surface area contributed by atoms with E-state index < -0.39 is 0 Å². The van der Waals surface area contributed by atoms with Crippen LogP contribution in [0.1, 0.15) is 25.0 Å². The first kappa shape index (κ1) is 27.9. The molecular formula is C45H35N. The monoisotopic (exact) mass is 589 g/mol. The van der Waals surface area contributed by atoms with E-state index in [0.29, 0.717) is 0 Å². The molecular weight excluding hydrogens is 555 g/mol. The highest BCUT2D eigenvalue weighted by atomic mass is 15.1. The Labute approximate surface area is 272 Å². The van der Waals surface area contributed by atoms with Crippen molar-refractivity contribution in [3.8, 4) is 44.5 Å². The Bertz CT molecular complexity index is 2160. The molecule has 46 heavy (non-hydrogen) atoms. The Morgan fingerprint density at radius 1 is 0.370 bits per heavy atom. The molecule has 0 radical (unpaired) electrons. The molecule has 0 saturated heterocycles. The first-order chi connectivity index (χ1) is 22.6. The summed E-state index contributed by atoms with van der Waals surface area (Å²) in [5.74, 6) is 0. The fourth-order valence-electron chi connectivity index (χ4n) is 7.20. The van der Waals surface area contributed by atoms with Gasteiger partial charge in [-0.3, -0.25) is 0 Å². The van der Waals surface area contributed by atoms with Crippen molar-refractivity contribution in [2.45, 2.75) is 19.3 Å². The standard InChI is InChI=1S/C45H35N/c1-45(2)41-29-28-37(31-40(41)44-39(25-15-26-42(44)45)34-20-10-5-11-21-34)46(36-23-14-22-35(30-36)32-16-6-3-7-17-32)43-27-13-12-24-38(43)33-18-8-4-9-19-33/h3-31H,1-2H3. The summed E-state index contributed by atoms with van der Waals surface area (Å²) in [6, 6.07) is 63.8. The summed E-state index contributed by atoms with van der Waals surface area (Å²) in [6.45, 7) is 4.72. The molecule has 0 saturated carbocycles. The van der Waals surface area contributed by atoms with Gasteiger partial charge in [-0.15, -0.1) is 0 Å². The molecule has 1 aliphatic rings. The van der Waals surface area contributed by atoms with E-state index in [-0.39, 0.29) is 5.41 Å². The molecule has 0 N–H and O–H groups in total. The molecule has 7 aromatic carbocycles. The van der Waals surface area contributed by atoms with Gasteiger partial charge in [0.15, 0.2) is 0 Å². The molecule has 0 unspecified atom stereocenters. The quantitative estimate of drug-likeness (QED) is 0.186. The third kappa shape index (κ3) is 4.73. The summed E-state index contributed by atoms with van der Waals surface area (Å²) in [6.07, 6.45) is 0. The molecule has 0 spiro atoms. The average Bonchev–Trinajstić information content (AvgIpc) is 3.35. The van der Waals surface area contributed by atoms with Gasteiger partial charge in [-0.25, -0.2) is 0 Å². The molecule has 0 atom stereocenters. The third-order valence-corrected chi connectivity index (χ3v) is 9.47. The SMILES string of the molecule is CC1(C)c2ccc(N(c3cccc(-c4ccccc4)c3)c3ccccc3-c3ccccc3)cc2-c2c(-c3ccccc3)cccc21. The smallest absolute Gasteiger partial charge is 0.0540 e. The van der Waals surface area contributed by atoms with Crippen LogP contribution in [-0.2, 0) is 5.41 Å². The lowest BCUT2D eigenvalue weighted by Crippen LogP contribution is -2.15. The van der Waals surface area contributed by atoms with Crippen LogP contribution in [0.25, 0.3) is 44.5 Å². The van der Waals surface area contributed by atoms with Gasteiger partial charge in [0.25, 0.3) is 0 Å². The average molecular weight is 590 g/mol. The predicted octanol–water partition coefficient (Wildman–Crippen LogP) is 12.5. The molecule has 0 aromatic heterocycles. The summed E-state index contributed by atoms with van der Waals surface area (Å²) in [4.78, 5) is 2.44. The number of anilines is 3. The Morgan fingerprint density at radius 3 is 1.63 bits per heavy atom. The molecule has 0 aliphatic heterocycles. The number of nitrogens with zero attached hydrogens (tertiary/aromatic N) is 1. The van der Waals surface area contributed by atoms with Crippen LogP contribution in [0.4, 0.5) is 17.1 Å². The fourth-order valence-corrected chi connectivity index (χ4v) is 7.20. The van der Waals surface area contributed by atoms with Crippen LogP contribution in [0.2, 0.25) is 0 Å². The minimum atomic E-state index is -0.103. The first-order valence-electron chi connectivity index (χ1n) is 16.0. The van der Waals surface area contributed by atoms with Crippen molar-refractivity contribution in [2.24, 2.45) is 0 Å². The van der Waals surface area contributed by atoms with Crippen LogP contribution in [0, 0.1) is 0 Å². The van der Waals surface area contributed by atoms with E-state index >= 15 is 0 Å². The molecule has 1 aliphatic carbocycles. The van der Waals surface area contributed by atoms with E-state index in [1.807, 2.05) is 0 Å². The van der Waals surface area contributed by atoms with Crippen LogP contribution in [0.3, 0.4) is 0 Å². The van der Waals surface area contributed by atoms with E-state index in [2.05, 4.69) is 195 Å². The summed E-state index contributed by atoms with van der Waals surface area (Å²) in [7, 11) is 0. The van der Waals surface area contributed by atoms with Crippen molar-refractivity contribution in [3.05, 3.63) is 187 Å². The minimum absolute atomic E-state index is 0.103. The summed E-state index contributed by atoms with van der Waals surface area (Å²) < 4.78 is 0. The predicted molar refractivity (Wildman–Crippen MR) is 195 cm³/mol. The zero-order valence-electron chi connectivity index (χ0n) is 26.2. The van der Waals surface area contributed by atoms with Crippen molar-refractivity contribution < 1.29 is 0 Å². The molecule has 0 bridgehead atoms. The van der Waals surface area contributed by atoms with Crippen molar-refractivity contribution >= 4 is 17.1 Å². The highest BCUT2D eigenvalue weighted by Crippen LogP contribution is 2.54. The number of rotatable bonds is 6. The number of hydrogen-bond donors (Lipinski definition) is 0. The van der Waals surface area contributed by atoms with Gasteiger partial charge in [-0.05, 0) is 80.4 Å². The molecule has 0 heterocycles. The van der Waals surface area contributed by atoms with Crippen molar-refractivity contribution in [3.63, 3.8) is 0 Å². The summed E-state index contributed by atoms with van der Waals surface area (Å²) >= 11 is 0. The second-order valence-corrected chi connectivity index (χ2v) is 12.6. The van der Waals surface area contributed by atoms with Crippen molar-refractivity contribution in [1.29, 1.82) is 0 Å². The minimum Gasteiger partial charge on any atom is -0.310 e. The molecule has 7 aromatic rings. The zero-order chi connectivity index (χ0) is 31.1. The topological polar surface area (TPSA) is 3.24 Å². The second-order valence-electron chi connectivity index (χ2n) is 12.6. The lowest BCUT2D eigenvalue weighted by atomic mass is 9.82. The largest absolute Gasteiger partial charge is 0.310 e. The van der Waals surface area contributed by atoms with Gasteiger partial charge in [0, 0.05) is 22.4 Å². The van der Waals surface area contributed by atoms with E-state index in [9.17, 15) is 0 Å². The lowest BCUT2D eigenvalue weighted by Gasteiger charge is -2.29. The number of hydrogen-bond acceptors (Lipinski definition) is 1. The Balaban J connectivity index is 1.37. The maximum absolute atomic E-state index is 2.44. The number of para-hydroxylation sites is 1. The number of benzene rings is 7. The van der Waals surface area contributed by atoms with Gasteiger partial charge in [-0.1, -0.05) is 159 Å². The van der Waals surface area contributed by atoms with Gasteiger partial charge in [0.1, 0.15) is 0 Å². The molecule has 0 fully saturated rings. The first-order valence-corrected chi connectivity index (χ1v) is 16.0. The third-order valence-electron chi connectivity index (χ3n) is 9.47. The van der Waals surface area contributed by atoms with Crippen LogP contribution in [0.5, 0.6) is 0 Å². The van der Waals surface area contributed by atoms with Gasteiger partial charge >= 0.3 is 0 Å². The highest BCUT2D eigenvalue weighted by molar-refractivity contribution is 5.96. The van der Waals surface area contributed by atoms with E-state index in [0.717, 1.165) is 17.1 Å². The van der Waals surface area contributed by atoms with Gasteiger partial charge in [0.05, 0.1) is 5.69 Å². The molecule has 1 nitrogen and oxygen atoms in total. The van der Waals surface area contributed by atoms with Crippen molar-refractivity contribution in [1.82, 2.24) is 0 Å². The molecule has 1 heteroatoms. The normalized spacial score (nSPS) is 12.7. The molecule has 220 valence electrons. The Hall–Kier alpha value is -5.66. The molecule has 0 amide bonds. The Morgan fingerprint density at radius 2 is 0.913 bits per heavy atom. The zero-order valence-corrected chi connectivity index (χ0v) is 26.2. The van der Waals surface area contributed by atoms with Crippen LogP contribution < -0.4 is 4.90 Å². The van der Waals surface area contributed by atoms with E-state index in [1.54, 1.807) is 0 Å². The maximum Gasteiger partial charge on any atom is 0.0540 e. The van der Waals surface area contributed by atoms with Crippen LogP contribution >= 0.6 is 0 Å². The number of fused-ring (bicyclic) bond motifs is 3. The highest BCUT2D eigenvalue weighted by Gasteiger charge is 2.37. The van der Waals surface area contributed by atoms with Gasteiger partial charge in [0.2, 0.25) is 0 Å². The van der Waals surface area contributed by atoms with Crippen molar-refractivity contribution in [2.75, 3.05) is 4.90 Å². The van der Waals surface area contributed by atoms with E-state index in [4.69, 9.17) is 0 Å². The second kappa shape index (κ2) is 11.4. The molecule has 8 rings (SSSR count). The fraction of sp³-hybridized carbons (Fsp3) is 0.0667.